The Morgan fingerprint density at radius 3 is 2.38 bits per heavy atom. The zero-order valence-corrected chi connectivity index (χ0v) is 12.2. The first kappa shape index (κ1) is 19.8. The van der Waals surface area contributed by atoms with Gasteiger partial charge in [-0.05, 0) is 23.8 Å². The second-order valence-corrected chi connectivity index (χ2v) is 5.75. The van der Waals surface area contributed by atoms with E-state index in [-0.39, 0.29) is 5.56 Å². The molecule has 0 radical (unpaired) electrons. The van der Waals surface area contributed by atoms with Gasteiger partial charge in [0.25, 0.3) is 0 Å². The molecule has 0 saturated carbocycles. The number of halogens is 5. The SMILES string of the molecule is O=C(/C=C/c1ccc(O)c(F)c1)OCC(F)(F)C(F)(F)S(=O)(=O)[O-]. The molecule has 0 aliphatic heterocycles. The summed E-state index contributed by atoms with van der Waals surface area (Å²) in [5.41, 5.74) is 0.00137. The molecule has 0 unspecified atom stereocenters. The molecule has 0 aromatic heterocycles. The third-order valence-electron chi connectivity index (χ3n) is 2.52. The van der Waals surface area contributed by atoms with Crippen molar-refractivity contribution >= 4 is 22.2 Å². The quantitative estimate of drug-likeness (QED) is 0.352. The number of phenolic OH excluding ortho intramolecular Hbond substituents is 1. The van der Waals surface area contributed by atoms with Crippen LogP contribution in [0.1, 0.15) is 5.56 Å². The zero-order chi connectivity index (χ0) is 18.8. The van der Waals surface area contributed by atoms with E-state index in [4.69, 9.17) is 5.11 Å². The van der Waals surface area contributed by atoms with E-state index in [9.17, 15) is 39.7 Å². The van der Waals surface area contributed by atoms with Crippen LogP contribution in [0.15, 0.2) is 24.3 Å². The normalized spacial score (nSPS) is 13.2. The summed E-state index contributed by atoms with van der Waals surface area (Å²) in [6, 6.07) is 2.83. The van der Waals surface area contributed by atoms with Crippen molar-refractivity contribution in [2.75, 3.05) is 6.61 Å². The van der Waals surface area contributed by atoms with Gasteiger partial charge in [0.15, 0.2) is 28.3 Å². The fraction of sp³-hybridized carbons (Fsp3) is 0.250. The number of carbonyl (C=O) groups is 1. The van der Waals surface area contributed by atoms with Crippen LogP contribution >= 0.6 is 0 Å². The molecule has 1 N–H and O–H groups in total. The highest BCUT2D eigenvalue weighted by Gasteiger charge is 2.62. The fourth-order valence-electron chi connectivity index (χ4n) is 1.27. The fourth-order valence-corrected chi connectivity index (χ4v) is 1.69. The van der Waals surface area contributed by atoms with Gasteiger partial charge < -0.3 is 14.4 Å². The molecule has 0 heterocycles. The number of hydrogen-bond donors (Lipinski definition) is 1. The number of carbonyl (C=O) groups excluding carboxylic acids is 1. The molecule has 6 nitrogen and oxygen atoms in total. The molecule has 1 aromatic rings. The molecule has 1 aromatic carbocycles. The molecule has 0 aliphatic carbocycles. The maximum atomic E-state index is 13.0. The molecule has 0 amide bonds. The number of rotatable bonds is 6. The summed E-state index contributed by atoms with van der Waals surface area (Å²) in [7, 11) is -6.68. The maximum Gasteiger partial charge on any atom is 0.399 e. The van der Waals surface area contributed by atoms with Crippen molar-refractivity contribution in [1.82, 2.24) is 0 Å². The zero-order valence-electron chi connectivity index (χ0n) is 11.4. The maximum absolute atomic E-state index is 13.0. The Bertz CT molecular complexity index is 759. The molecular weight excluding hydrogens is 367 g/mol. The van der Waals surface area contributed by atoms with E-state index < -0.39 is 45.4 Å². The second-order valence-electron chi connectivity index (χ2n) is 4.33. The summed E-state index contributed by atoms with van der Waals surface area (Å²) >= 11 is 0. The molecular formula is C12H8F5O6S-. The van der Waals surface area contributed by atoms with Crippen molar-refractivity contribution in [3.8, 4) is 5.75 Å². The molecule has 24 heavy (non-hydrogen) atoms. The van der Waals surface area contributed by atoms with Gasteiger partial charge in [-0.15, -0.1) is 0 Å². The number of esters is 1. The average molecular weight is 375 g/mol. The largest absolute Gasteiger partial charge is 0.743 e. The van der Waals surface area contributed by atoms with E-state index >= 15 is 0 Å². The van der Waals surface area contributed by atoms with Crippen LogP contribution < -0.4 is 0 Å². The summed E-state index contributed by atoms with van der Waals surface area (Å²) < 4.78 is 98.7. The minimum absolute atomic E-state index is 0.00137. The highest BCUT2D eigenvalue weighted by molar-refractivity contribution is 7.86. The van der Waals surface area contributed by atoms with Crippen molar-refractivity contribution in [2.45, 2.75) is 11.2 Å². The van der Waals surface area contributed by atoms with E-state index in [1.165, 1.54) is 0 Å². The van der Waals surface area contributed by atoms with Crippen LogP contribution in [0.25, 0.3) is 6.08 Å². The van der Waals surface area contributed by atoms with Gasteiger partial charge in [0.05, 0.1) is 0 Å². The van der Waals surface area contributed by atoms with Gasteiger partial charge in [0.2, 0.25) is 0 Å². The molecule has 0 fully saturated rings. The van der Waals surface area contributed by atoms with Gasteiger partial charge in [-0.3, -0.25) is 0 Å². The summed E-state index contributed by atoms with van der Waals surface area (Å²) in [4.78, 5) is 11.1. The molecule has 0 aliphatic rings. The van der Waals surface area contributed by atoms with Crippen molar-refractivity contribution in [2.24, 2.45) is 0 Å². The highest BCUT2D eigenvalue weighted by Crippen LogP contribution is 2.38. The Morgan fingerprint density at radius 2 is 1.88 bits per heavy atom. The third-order valence-corrected chi connectivity index (χ3v) is 3.45. The molecule has 0 saturated heterocycles. The highest BCUT2D eigenvalue weighted by atomic mass is 32.2. The number of aromatic hydroxyl groups is 1. The first-order valence-electron chi connectivity index (χ1n) is 5.82. The van der Waals surface area contributed by atoms with Gasteiger partial charge in [-0.2, -0.15) is 17.6 Å². The Hall–Kier alpha value is -2.21. The number of alkyl halides is 4. The van der Waals surface area contributed by atoms with E-state index in [0.29, 0.717) is 6.08 Å². The van der Waals surface area contributed by atoms with Gasteiger partial charge in [0.1, 0.15) is 0 Å². The van der Waals surface area contributed by atoms with Crippen LogP contribution in [0.5, 0.6) is 5.75 Å². The molecule has 0 atom stereocenters. The Morgan fingerprint density at radius 1 is 1.29 bits per heavy atom. The molecule has 134 valence electrons. The van der Waals surface area contributed by atoms with E-state index in [1.54, 1.807) is 0 Å². The summed E-state index contributed by atoms with van der Waals surface area (Å²) in [5, 5.41) is 2.95. The van der Waals surface area contributed by atoms with Crippen LogP contribution in [-0.4, -0.2) is 41.8 Å². The summed E-state index contributed by atoms with van der Waals surface area (Å²) in [6.07, 6.45) is 1.32. The smallest absolute Gasteiger partial charge is 0.399 e. The lowest BCUT2D eigenvalue weighted by molar-refractivity contribution is -0.194. The van der Waals surface area contributed by atoms with E-state index in [1.807, 2.05) is 0 Å². The topological polar surface area (TPSA) is 104 Å². The summed E-state index contributed by atoms with van der Waals surface area (Å²) in [6.45, 7) is -2.37. The minimum atomic E-state index is -6.68. The van der Waals surface area contributed by atoms with Crippen LogP contribution in [0.3, 0.4) is 0 Å². The van der Waals surface area contributed by atoms with Gasteiger partial charge in [-0.25, -0.2) is 17.6 Å². The van der Waals surface area contributed by atoms with Crippen LogP contribution in [0, 0.1) is 5.82 Å². The predicted octanol–water partition coefficient (Wildman–Crippen LogP) is 1.86. The number of hydrogen-bond acceptors (Lipinski definition) is 6. The standard InChI is InChI=1S/C12H9F5O6S/c13-8-5-7(1-3-9(8)18)2-4-10(19)23-6-11(14,15)12(16,17)24(20,21)22/h1-5,18H,6H2,(H,20,21,22)/p-1/b4-2+. The van der Waals surface area contributed by atoms with Gasteiger partial charge >= 0.3 is 17.1 Å². The third kappa shape index (κ3) is 4.41. The van der Waals surface area contributed by atoms with Crippen molar-refractivity contribution in [3.05, 3.63) is 35.7 Å². The van der Waals surface area contributed by atoms with E-state index in [2.05, 4.69) is 4.74 Å². The molecule has 0 bridgehead atoms. The summed E-state index contributed by atoms with van der Waals surface area (Å²) in [5.74, 6) is -8.75. The Kier molecular flexibility index (Phi) is 5.56. The number of phenols is 1. The Labute approximate surface area is 131 Å². The lowest BCUT2D eigenvalue weighted by Gasteiger charge is -2.27. The monoisotopic (exact) mass is 375 g/mol. The lowest BCUT2D eigenvalue weighted by Crippen LogP contribution is -2.50. The van der Waals surface area contributed by atoms with Crippen LogP contribution in [0.4, 0.5) is 22.0 Å². The minimum Gasteiger partial charge on any atom is -0.743 e. The first-order valence-corrected chi connectivity index (χ1v) is 7.23. The van der Waals surface area contributed by atoms with Gasteiger partial charge in [0, 0.05) is 6.08 Å². The van der Waals surface area contributed by atoms with E-state index in [0.717, 1.165) is 24.3 Å². The van der Waals surface area contributed by atoms with Crippen molar-refractivity contribution in [3.63, 3.8) is 0 Å². The van der Waals surface area contributed by atoms with Crippen molar-refractivity contribution in [1.29, 1.82) is 0 Å². The molecule has 1 rings (SSSR count). The Balaban J connectivity index is 2.75. The van der Waals surface area contributed by atoms with Crippen molar-refractivity contribution < 1.29 is 49.6 Å². The van der Waals surface area contributed by atoms with Crippen LogP contribution in [0.2, 0.25) is 0 Å². The second kappa shape index (κ2) is 6.73. The molecule has 12 heteroatoms. The average Bonchev–Trinajstić information content (AvgIpc) is 2.45. The predicted molar refractivity (Wildman–Crippen MR) is 67.6 cm³/mol. The first-order chi connectivity index (χ1) is 10.8. The van der Waals surface area contributed by atoms with Crippen LogP contribution in [-0.2, 0) is 19.6 Å². The lowest BCUT2D eigenvalue weighted by atomic mass is 10.2. The van der Waals surface area contributed by atoms with Gasteiger partial charge in [-0.1, -0.05) is 6.07 Å². The number of ether oxygens (including phenoxy) is 1. The molecule has 0 spiro atoms. The number of benzene rings is 1.